The van der Waals surface area contributed by atoms with Gasteiger partial charge in [-0.3, -0.25) is 0 Å². The first-order chi connectivity index (χ1) is 9.72. The van der Waals surface area contributed by atoms with E-state index in [1.54, 1.807) is 12.1 Å². The average Bonchev–Trinajstić information content (AvgIpc) is 3.06. The lowest BCUT2D eigenvalue weighted by Gasteiger charge is -2.00. The number of anilines is 2. The van der Waals surface area contributed by atoms with E-state index in [0.29, 0.717) is 6.54 Å². The second kappa shape index (κ2) is 4.96. The Kier molecular flexibility index (Phi) is 2.99. The van der Waals surface area contributed by atoms with Crippen LogP contribution < -0.4 is 11.1 Å². The summed E-state index contributed by atoms with van der Waals surface area (Å²) in [6.45, 7) is 0.411. The van der Waals surface area contributed by atoms with Crippen LogP contribution in [0.5, 0.6) is 0 Å². The Morgan fingerprint density at radius 1 is 1.15 bits per heavy atom. The van der Waals surface area contributed by atoms with E-state index in [0.717, 1.165) is 5.56 Å². The molecule has 0 fully saturated rings. The normalized spacial score (nSPS) is 10.7. The molecule has 0 bridgehead atoms. The van der Waals surface area contributed by atoms with Crippen molar-refractivity contribution < 1.29 is 13.5 Å². The van der Waals surface area contributed by atoms with Crippen LogP contribution >= 0.6 is 0 Å². The first-order valence-electron chi connectivity index (χ1n) is 5.63. The molecule has 0 aliphatic carbocycles. The molecule has 0 aliphatic rings. The maximum absolute atomic E-state index is 12.8. The molecule has 0 saturated carbocycles. The van der Waals surface area contributed by atoms with Gasteiger partial charge in [0.05, 0.1) is 0 Å². The highest BCUT2D eigenvalue weighted by Gasteiger charge is 2.16. The van der Waals surface area contributed by atoms with Crippen LogP contribution in [-0.2, 0) is 6.54 Å². The number of rotatable bonds is 4. The molecular formula is C11H9FN6O2. The molecule has 20 heavy (non-hydrogen) atoms. The van der Waals surface area contributed by atoms with Gasteiger partial charge < -0.3 is 15.6 Å². The fourth-order valence-electron chi connectivity index (χ4n) is 1.52. The number of nitrogen functional groups attached to an aromatic ring is 1. The SMILES string of the molecule is Nc1nonc1-c1noc(NCc2ccc(F)cc2)n1. The minimum absolute atomic E-state index is 0.0795. The minimum Gasteiger partial charge on any atom is -0.379 e. The Bertz CT molecular complexity index is 708. The zero-order valence-corrected chi connectivity index (χ0v) is 10.1. The third kappa shape index (κ3) is 2.41. The van der Waals surface area contributed by atoms with Crippen LogP contribution in [0.25, 0.3) is 11.5 Å². The Hall–Kier alpha value is -2.97. The highest BCUT2D eigenvalue weighted by molar-refractivity contribution is 5.62. The zero-order valence-electron chi connectivity index (χ0n) is 10.1. The van der Waals surface area contributed by atoms with Crippen molar-refractivity contribution in [2.24, 2.45) is 0 Å². The van der Waals surface area contributed by atoms with Crippen molar-refractivity contribution in [1.82, 2.24) is 20.5 Å². The van der Waals surface area contributed by atoms with E-state index in [1.807, 2.05) is 0 Å². The second-order valence-corrected chi connectivity index (χ2v) is 3.90. The molecule has 0 atom stereocenters. The van der Waals surface area contributed by atoms with E-state index in [9.17, 15) is 4.39 Å². The zero-order chi connectivity index (χ0) is 13.9. The van der Waals surface area contributed by atoms with Crippen LogP contribution in [-0.4, -0.2) is 20.5 Å². The maximum Gasteiger partial charge on any atom is 0.322 e. The smallest absolute Gasteiger partial charge is 0.322 e. The van der Waals surface area contributed by atoms with Crippen LogP contribution in [0.2, 0.25) is 0 Å². The van der Waals surface area contributed by atoms with E-state index >= 15 is 0 Å². The van der Waals surface area contributed by atoms with E-state index in [-0.39, 0.29) is 29.2 Å². The molecule has 0 aliphatic heterocycles. The molecule has 0 unspecified atom stereocenters. The second-order valence-electron chi connectivity index (χ2n) is 3.90. The van der Waals surface area contributed by atoms with Crippen LogP contribution in [0.1, 0.15) is 5.56 Å². The fraction of sp³-hybridized carbons (Fsp3) is 0.0909. The summed E-state index contributed by atoms with van der Waals surface area (Å²) in [6, 6.07) is 6.24. The van der Waals surface area contributed by atoms with Gasteiger partial charge in [-0.05, 0) is 28.0 Å². The van der Waals surface area contributed by atoms with Gasteiger partial charge in [0.25, 0.3) is 0 Å². The Morgan fingerprint density at radius 3 is 2.65 bits per heavy atom. The highest BCUT2D eigenvalue weighted by atomic mass is 19.1. The molecule has 0 amide bonds. The lowest BCUT2D eigenvalue weighted by Crippen LogP contribution is -1.99. The standard InChI is InChI=1S/C11H9FN6O2/c12-7-3-1-6(2-4-7)5-14-11-15-10(18-19-11)8-9(13)17-20-16-8/h1-4H,5H2,(H2,13,17)(H,14,15,18). The lowest BCUT2D eigenvalue weighted by molar-refractivity contribution is 0.310. The average molecular weight is 276 g/mol. The van der Waals surface area contributed by atoms with E-state index in [1.165, 1.54) is 12.1 Å². The summed E-state index contributed by atoms with van der Waals surface area (Å²) in [6.07, 6.45) is 0. The molecule has 3 rings (SSSR count). The molecule has 8 nitrogen and oxygen atoms in total. The Balaban J connectivity index is 1.69. The van der Waals surface area contributed by atoms with Crippen LogP contribution in [0, 0.1) is 5.82 Å². The first-order valence-corrected chi connectivity index (χ1v) is 5.63. The number of aromatic nitrogens is 4. The maximum atomic E-state index is 12.8. The van der Waals surface area contributed by atoms with Gasteiger partial charge in [-0.2, -0.15) is 4.98 Å². The van der Waals surface area contributed by atoms with E-state index in [2.05, 4.69) is 30.4 Å². The third-order valence-corrected chi connectivity index (χ3v) is 2.51. The summed E-state index contributed by atoms with van der Waals surface area (Å²) in [5.74, 6) is -0.0379. The van der Waals surface area contributed by atoms with Gasteiger partial charge in [0.1, 0.15) is 5.82 Å². The molecule has 2 aromatic heterocycles. The number of nitrogens with zero attached hydrogens (tertiary/aromatic N) is 4. The van der Waals surface area contributed by atoms with Gasteiger partial charge in [0.2, 0.25) is 5.82 Å². The quantitative estimate of drug-likeness (QED) is 0.735. The number of halogens is 1. The van der Waals surface area contributed by atoms with Gasteiger partial charge in [-0.1, -0.05) is 17.3 Å². The van der Waals surface area contributed by atoms with Crippen molar-refractivity contribution in [3.8, 4) is 11.5 Å². The summed E-state index contributed by atoms with van der Waals surface area (Å²) in [4.78, 5) is 4.04. The monoisotopic (exact) mass is 276 g/mol. The van der Waals surface area contributed by atoms with Gasteiger partial charge in [0.15, 0.2) is 11.5 Å². The van der Waals surface area contributed by atoms with Gasteiger partial charge >= 0.3 is 6.01 Å². The van der Waals surface area contributed by atoms with Gasteiger partial charge in [0, 0.05) is 6.54 Å². The van der Waals surface area contributed by atoms with Crippen LogP contribution in [0.15, 0.2) is 33.4 Å². The number of nitrogens with two attached hydrogens (primary N) is 1. The van der Waals surface area contributed by atoms with Crippen LogP contribution in [0.3, 0.4) is 0 Å². The molecule has 3 aromatic rings. The number of hydrogen-bond donors (Lipinski definition) is 2. The van der Waals surface area contributed by atoms with Gasteiger partial charge in [-0.15, -0.1) is 0 Å². The number of hydrogen-bond acceptors (Lipinski definition) is 8. The fourth-order valence-corrected chi connectivity index (χ4v) is 1.52. The van der Waals surface area contributed by atoms with E-state index < -0.39 is 0 Å². The molecule has 2 heterocycles. The Morgan fingerprint density at radius 2 is 1.95 bits per heavy atom. The van der Waals surface area contributed by atoms with E-state index in [4.69, 9.17) is 10.3 Å². The predicted octanol–water partition coefficient (Wildman–Crippen LogP) is 1.45. The van der Waals surface area contributed by atoms with Crippen molar-refractivity contribution in [1.29, 1.82) is 0 Å². The van der Waals surface area contributed by atoms with Crippen LogP contribution in [0.4, 0.5) is 16.2 Å². The third-order valence-electron chi connectivity index (χ3n) is 2.51. The van der Waals surface area contributed by atoms with Crippen molar-refractivity contribution in [2.45, 2.75) is 6.54 Å². The Labute approximate surface area is 111 Å². The summed E-state index contributed by atoms with van der Waals surface area (Å²) < 4.78 is 22.2. The number of nitrogens with one attached hydrogen (secondary N) is 1. The molecule has 102 valence electrons. The molecule has 1 aromatic carbocycles. The van der Waals surface area contributed by atoms with Crippen molar-refractivity contribution in [3.63, 3.8) is 0 Å². The molecule has 0 spiro atoms. The highest BCUT2D eigenvalue weighted by Crippen LogP contribution is 2.20. The van der Waals surface area contributed by atoms with Gasteiger partial charge in [-0.25, -0.2) is 9.02 Å². The molecule has 0 saturated heterocycles. The molecule has 9 heteroatoms. The first kappa shape index (κ1) is 12.1. The summed E-state index contributed by atoms with van der Waals surface area (Å²) in [5, 5.41) is 13.6. The largest absolute Gasteiger partial charge is 0.379 e. The summed E-state index contributed by atoms with van der Waals surface area (Å²) in [7, 11) is 0. The minimum atomic E-state index is -0.289. The lowest BCUT2D eigenvalue weighted by atomic mass is 10.2. The topological polar surface area (TPSA) is 116 Å². The molecular weight excluding hydrogens is 267 g/mol. The molecule has 3 N–H and O–H groups in total. The molecule has 0 radical (unpaired) electrons. The summed E-state index contributed by atoms with van der Waals surface area (Å²) in [5.41, 5.74) is 6.60. The van der Waals surface area contributed by atoms with Crippen molar-refractivity contribution >= 4 is 11.8 Å². The van der Waals surface area contributed by atoms with Crippen molar-refractivity contribution in [2.75, 3.05) is 11.1 Å². The number of benzene rings is 1. The predicted molar refractivity (Wildman–Crippen MR) is 65.7 cm³/mol. The summed E-state index contributed by atoms with van der Waals surface area (Å²) >= 11 is 0. The van der Waals surface area contributed by atoms with Crippen molar-refractivity contribution in [3.05, 3.63) is 35.6 Å².